The van der Waals surface area contributed by atoms with Crippen molar-refractivity contribution < 1.29 is 14.8 Å². The normalized spacial score (nSPS) is 15.8. The van der Waals surface area contributed by atoms with E-state index in [1.165, 1.54) is 0 Å². The Morgan fingerprint density at radius 3 is 2.65 bits per heavy atom. The zero-order chi connectivity index (χ0) is 16.9. The molecule has 1 atom stereocenters. The summed E-state index contributed by atoms with van der Waals surface area (Å²) in [4.78, 5) is 22.7. The third kappa shape index (κ3) is 2.48. The highest BCUT2D eigenvalue weighted by Crippen LogP contribution is 2.47. The molecule has 0 radical (unpaired) electrons. The van der Waals surface area contributed by atoms with E-state index in [1.807, 2.05) is 30.7 Å². The van der Waals surface area contributed by atoms with E-state index in [4.69, 9.17) is 0 Å². The first-order valence-electron chi connectivity index (χ1n) is 7.80. The zero-order valence-electron chi connectivity index (χ0n) is 13.5. The molecule has 1 aliphatic rings. The summed E-state index contributed by atoms with van der Waals surface area (Å²) in [5, 5.41) is 21.6. The van der Waals surface area contributed by atoms with E-state index >= 15 is 0 Å². The van der Waals surface area contributed by atoms with E-state index in [2.05, 4.69) is 0 Å². The number of carbonyl (C=O) groups is 1. The van der Waals surface area contributed by atoms with Crippen LogP contribution < -0.4 is 0 Å². The fraction of sp³-hybridized carbons (Fsp3) is 0.471. The van der Waals surface area contributed by atoms with Crippen LogP contribution in [0, 0.1) is 23.0 Å². The van der Waals surface area contributed by atoms with E-state index in [-0.39, 0.29) is 16.5 Å². The molecule has 23 heavy (non-hydrogen) atoms. The molecule has 1 fully saturated rings. The zero-order valence-corrected chi connectivity index (χ0v) is 13.5. The molecule has 0 amide bonds. The van der Waals surface area contributed by atoms with Crippen molar-refractivity contribution in [2.45, 2.75) is 39.0 Å². The number of carboxylic acid groups (broad SMARTS) is 1. The number of aromatic nitrogens is 1. The van der Waals surface area contributed by atoms with Crippen molar-refractivity contribution in [3.8, 4) is 0 Å². The molecule has 1 aromatic heterocycles. The third-order valence-corrected chi connectivity index (χ3v) is 4.92. The van der Waals surface area contributed by atoms with Crippen molar-refractivity contribution in [3.05, 3.63) is 39.1 Å². The molecule has 0 bridgehead atoms. The summed E-state index contributed by atoms with van der Waals surface area (Å²) in [6.45, 7) is 3.53. The van der Waals surface area contributed by atoms with E-state index < -0.39 is 11.9 Å². The molecule has 1 heterocycles. The van der Waals surface area contributed by atoms with Crippen LogP contribution in [-0.4, -0.2) is 20.6 Å². The molecule has 1 aromatic carbocycles. The summed E-state index contributed by atoms with van der Waals surface area (Å²) in [6.07, 6.45) is 2.27. The number of hydrogen-bond acceptors (Lipinski definition) is 3. The first-order chi connectivity index (χ1) is 10.8. The van der Waals surface area contributed by atoms with Gasteiger partial charge in [-0.15, -0.1) is 0 Å². The van der Waals surface area contributed by atoms with Gasteiger partial charge in [-0.05, 0) is 49.8 Å². The number of nitrogens with zero attached hydrogens (tertiary/aromatic N) is 2. The van der Waals surface area contributed by atoms with Crippen molar-refractivity contribution in [1.29, 1.82) is 0 Å². The van der Waals surface area contributed by atoms with Crippen LogP contribution >= 0.6 is 0 Å². The quantitative estimate of drug-likeness (QED) is 0.675. The number of aryl methyl sites for hydroxylation is 1. The maximum atomic E-state index is 11.7. The van der Waals surface area contributed by atoms with E-state index in [9.17, 15) is 20.0 Å². The molecule has 3 rings (SSSR count). The van der Waals surface area contributed by atoms with Crippen LogP contribution in [0.1, 0.15) is 42.5 Å². The first kappa shape index (κ1) is 15.5. The highest BCUT2D eigenvalue weighted by Gasteiger charge is 2.34. The Balaban J connectivity index is 2.29. The highest BCUT2D eigenvalue weighted by molar-refractivity contribution is 5.95. The minimum absolute atomic E-state index is 0.168. The van der Waals surface area contributed by atoms with Gasteiger partial charge in [0.25, 0.3) is 5.69 Å². The molecule has 6 nitrogen and oxygen atoms in total. The molecule has 6 heteroatoms. The number of nitro groups is 1. The third-order valence-electron chi connectivity index (χ3n) is 4.92. The molecule has 122 valence electrons. The predicted molar refractivity (Wildman–Crippen MR) is 86.8 cm³/mol. The fourth-order valence-electron chi connectivity index (χ4n) is 3.30. The Morgan fingerprint density at radius 1 is 1.48 bits per heavy atom. The van der Waals surface area contributed by atoms with E-state index in [0.717, 1.165) is 35.2 Å². The second kappa shape index (κ2) is 5.37. The Labute approximate surface area is 133 Å². The van der Waals surface area contributed by atoms with Crippen LogP contribution in [-0.2, 0) is 18.3 Å². The molecule has 0 saturated heterocycles. The average molecular weight is 316 g/mol. The summed E-state index contributed by atoms with van der Waals surface area (Å²) in [6, 6.07) is 3.79. The van der Waals surface area contributed by atoms with Gasteiger partial charge in [0.2, 0.25) is 0 Å². The van der Waals surface area contributed by atoms with Gasteiger partial charge in [-0.25, -0.2) is 0 Å². The maximum absolute atomic E-state index is 11.7. The lowest BCUT2D eigenvalue weighted by molar-refractivity contribution is -0.383. The molecule has 1 N–H and O–H groups in total. The summed E-state index contributed by atoms with van der Waals surface area (Å²) in [7, 11) is 1.87. The maximum Gasteiger partial charge on any atom is 0.306 e. The van der Waals surface area contributed by atoms with Crippen LogP contribution in [0.25, 0.3) is 10.9 Å². The summed E-state index contributed by atoms with van der Waals surface area (Å²) >= 11 is 0. The van der Waals surface area contributed by atoms with E-state index in [1.54, 1.807) is 6.92 Å². The van der Waals surface area contributed by atoms with Gasteiger partial charge in [0.05, 0.1) is 21.7 Å². The van der Waals surface area contributed by atoms with Gasteiger partial charge in [-0.2, -0.15) is 0 Å². The Bertz CT molecular complexity index is 818. The molecule has 1 saturated carbocycles. The number of nitro benzene ring substituents is 1. The predicted octanol–water partition coefficient (Wildman–Crippen LogP) is 3.54. The van der Waals surface area contributed by atoms with Crippen molar-refractivity contribution in [3.63, 3.8) is 0 Å². The largest absolute Gasteiger partial charge is 0.481 e. The second-order valence-corrected chi connectivity index (χ2v) is 6.50. The Kier molecular flexibility index (Phi) is 3.62. The minimum atomic E-state index is -0.887. The first-order valence-corrected chi connectivity index (χ1v) is 7.80. The van der Waals surface area contributed by atoms with Crippen molar-refractivity contribution in [2.75, 3.05) is 0 Å². The number of rotatable bonds is 5. The lowest BCUT2D eigenvalue weighted by Crippen LogP contribution is -2.13. The molecular formula is C17H20N2O4. The van der Waals surface area contributed by atoms with Gasteiger partial charge in [0.15, 0.2) is 0 Å². The van der Waals surface area contributed by atoms with Gasteiger partial charge in [0.1, 0.15) is 0 Å². The standard InChI is InChI=1S/C17H20N2O4/c1-9(17(20)21)8-13-10(2)18(3)14-7-6-12(11-4-5-11)16(15(13)14)19(22)23/h6-7,9,11H,4-5,8H2,1-3H3,(H,20,21). The summed E-state index contributed by atoms with van der Waals surface area (Å²) < 4.78 is 1.92. The Morgan fingerprint density at radius 2 is 2.13 bits per heavy atom. The molecule has 0 spiro atoms. The SMILES string of the molecule is Cc1c(CC(C)C(=O)O)c2c([N+](=O)[O-])c(C3CC3)ccc2n1C. The van der Waals surface area contributed by atoms with Crippen molar-refractivity contribution in [2.24, 2.45) is 13.0 Å². The van der Waals surface area contributed by atoms with Crippen LogP contribution in [0.2, 0.25) is 0 Å². The van der Waals surface area contributed by atoms with Gasteiger partial charge in [-0.3, -0.25) is 14.9 Å². The van der Waals surface area contributed by atoms with Crippen LogP contribution in [0.5, 0.6) is 0 Å². The lowest BCUT2D eigenvalue weighted by Gasteiger charge is -2.08. The van der Waals surface area contributed by atoms with Gasteiger partial charge >= 0.3 is 5.97 Å². The smallest absolute Gasteiger partial charge is 0.306 e. The number of fused-ring (bicyclic) bond motifs is 1. The van der Waals surface area contributed by atoms with Crippen LogP contribution in [0.3, 0.4) is 0 Å². The van der Waals surface area contributed by atoms with Crippen LogP contribution in [0.4, 0.5) is 5.69 Å². The Hall–Kier alpha value is -2.37. The number of benzene rings is 1. The lowest BCUT2D eigenvalue weighted by atomic mass is 9.95. The summed E-state index contributed by atoms with van der Waals surface area (Å²) in [5.74, 6) is -1.20. The van der Waals surface area contributed by atoms with Crippen LogP contribution in [0.15, 0.2) is 12.1 Å². The van der Waals surface area contributed by atoms with E-state index in [0.29, 0.717) is 11.8 Å². The topological polar surface area (TPSA) is 85.4 Å². The minimum Gasteiger partial charge on any atom is -0.481 e. The number of hydrogen-bond donors (Lipinski definition) is 1. The monoisotopic (exact) mass is 316 g/mol. The van der Waals surface area contributed by atoms with Crippen molar-refractivity contribution in [1.82, 2.24) is 4.57 Å². The van der Waals surface area contributed by atoms with Gasteiger partial charge in [0, 0.05) is 18.3 Å². The molecular weight excluding hydrogens is 296 g/mol. The molecule has 1 unspecified atom stereocenters. The fourth-order valence-corrected chi connectivity index (χ4v) is 3.30. The number of aliphatic carboxylic acids is 1. The molecule has 2 aromatic rings. The summed E-state index contributed by atoms with van der Waals surface area (Å²) in [5.41, 5.74) is 3.43. The number of carboxylic acids is 1. The highest BCUT2D eigenvalue weighted by atomic mass is 16.6. The van der Waals surface area contributed by atoms with Crippen molar-refractivity contribution >= 4 is 22.6 Å². The second-order valence-electron chi connectivity index (χ2n) is 6.50. The molecule has 0 aliphatic heterocycles. The van der Waals surface area contributed by atoms with Gasteiger partial charge in [-0.1, -0.05) is 6.92 Å². The average Bonchev–Trinajstić information content (AvgIpc) is 3.30. The van der Waals surface area contributed by atoms with Gasteiger partial charge < -0.3 is 9.67 Å². The molecule has 1 aliphatic carbocycles.